The summed E-state index contributed by atoms with van der Waals surface area (Å²) in [4.78, 5) is 12.8. The van der Waals surface area contributed by atoms with Gasteiger partial charge in [0.15, 0.2) is 0 Å². The second kappa shape index (κ2) is 11.6. The largest absolute Gasteiger partial charge is 0.497 e. The van der Waals surface area contributed by atoms with Crippen LogP contribution in [-0.4, -0.2) is 41.6 Å². The van der Waals surface area contributed by atoms with Gasteiger partial charge in [0.05, 0.1) is 24.8 Å². The Balaban J connectivity index is 1.76. The van der Waals surface area contributed by atoms with E-state index in [4.69, 9.17) is 9.47 Å². The van der Waals surface area contributed by atoms with Crippen molar-refractivity contribution in [2.24, 2.45) is 0 Å². The molecule has 0 spiro atoms. The number of sulfonamides is 1. The molecule has 0 aliphatic heterocycles. The molecule has 3 aromatic rings. The molecule has 0 heterocycles. The van der Waals surface area contributed by atoms with Crippen LogP contribution in [0.5, 0.6) is 11.5 Å². The number of hydrogen-bond donors (Lipinski definition) is 1. The van der Waals surface area contributed by atoms with Crippen LogP contribution in [0.25, 0.3) is 0 Å². The normalized spacial score (nSPS) is 11.0. The van der Waals surface area contributed by atoms with Crippen LogP contribution in [0.1, 0.15) is 17.5 Å². The molecule has 0 fully saturated rings. The van der Waals surface area contributed by atoms with Crippen molar-refractivity contribution in [3.8, 4) is 11.5 Å². The Bertz CT molecular complexity index is 1210. The van der Waals surface area contributed by atoms with Crippen LogP contribution in [0.4, 0.5) is 5.69 Å². The van der Waals surface area contributed by atoms with E-state index in [2.05, 4.69) is 17.4 Å². The maximum atomic E-state index is 13.5. The number of benzene rings is 3. The number of nitrogens with one attached hydrogen (secondary N) is 1. The van der Waals surface area contributed by atoms with Gasteiger partial charge in [-0.1, -0.05) is 42.0 Å². The van der Waals surface area contributed by atoms with E-state index in [0.29, 0.717) is 18.0 Å². The molecule has 0 aliphatic rings. The van der Waals surface area contributed by atoms with Crippen LogP contribution in [0.2, 0.25) is 0 Å². The van der Waals surface area contributed by atoms with Crippen LogP contribution in [0.3, 0.4) is 0 Å². The number of carbonyl (C=O) groups is 1. The van der Waals surface area contributed by atoms with E-state index in [1.54, 1.807) is 36.4 Å². The Hall–Kier alpha value is -3.52. The number of aryl methyl sites for hydroxylation is 2. The van der Waals surface area contributed by atoms with Crippen LogP contribution in [0, 0.1) is 6.92 Å². The van der Waals surface area contributed by atoms with E-state index in [1.807, 2.05) is 19.1 Å². The summed E-state index contributed by atoms with van der Waals surface area (Å²) < 4.78 is 38.6. The highest BCUT2D eigenvalue weighted by Gasteiger charge is 2.29. The molecule has 0 saturated carbocycles. The minimum absolute atomic E-state index is 0.0476. The Labute approximate surface area is 201 Å². The molecule has 0 atom stereocenters. The van der Waals surface area contributed by atoms with Gasteiger partial charge in [-0.15, -0.1) is 0 Å². The predicted octanol–water partition coefficient (Wildman–Crippen LogP) is 3.96. The molecule has 0 radical (unpaired) electrons. The molecule has 3 rings (SSSR count). The first-order valence-electron chi connectivity index (χ1n) is 11.0. The van der Waals surface area contributed by atoms with Gasteiger partial charge in [0.2, 0.25) is 5.91 Å². The molecule has 1 amide bonds. The van der Waals surface area contributed by atoms with E-state index in [9.17, 15) is 13.2 Å². The van der Waals surface area contributed by atoms with Gasteiger partial charge < -0.3 is 14.8 Å². The highest BCUT2D eigenvalue weighted by Crippen LogP contribution is 2.32. The number of amides is 1. The lowest BCUT2D eigenvalue weighted by Crippen LogP contribution is -2.41. The Kier molecular flexibility index (Phi) is 8.54. The summed E-state index contributed by atoms with van der Waals surface area (Å²) in [6.07, 6.45) is 1.57. The molecule has 180 valence electrons. The minimum Gasteiger partial charge on any atom is -0.497 e. The highest BCUT2D eigenvalue weighted by atomic mass is 32.2. The first-order valence-corrected chi connectivity index (χ1v) is 12.4. The Morgan fingerprint density at radius 2 is 1.68 bits per heavy atom. The third kappa shape index (κ3) is 6.29. The summed E-state index contributed by atoms with van der Waals surface area (Å²) >= 11 is 0. The van der Waals surface area contributed by atoms with Crippen LogP contribution >= 0.6 is 0 Å². The van der Waals surface area contributed by atoms with Gasteiger partial charge in [-0.3, -0.25) is 9.10 Å². The fourth-order valence-corrected chi connectivity index (χ4v) is 5.02. The predicted molar refractivity (Wildman–Crippen MR) is 133 cm³/mol. The fourth-order valence-electron chi connectivity index (χ4n) is 3.58. The maximum absolute atomic E-state index is 13.5. The minimum atomic E-state index is -4.05. The van der Waals surface area contributed by atoms with Crippen molar-refractivity contribution in [3.05, 3.63) is 83.9 Å². The first kappa shape index (κ1) is 25.1. The summed E-state index contributed by atoms with van der Waals surface area (Å²) in [6.45, 7) is 2.11. The maximum Gasteiger partial charge on any atom is 0.264 e. The second-order valence-electron chi connectivity index (χ2n) is 7.80. The van der Waals surface area contributed by atoms with Crippen LogP contribution in [0.15, 0.2) is 77.7 Å². The monoisotopic (exact) mass is 482 g/mol. The smallest absolute Gasteiger partial charge is 0.264 e. The van der Waals surface area contributed by atoms with E-state index in [0.717, 1.165) is 17.1 Å². The number of rotatable bonds is 11. The SMILES string of the molecule is COc1ccc(S(=O)(=O)N(CC(=O)NCCCc2cccc(C)c2)c2ccccc2OC)cc1. The molecule has 0 saturated heterocycles. The van der Waals surface area contributed by atoms with Gasteiger partial charge in [0.1, 0.15) is 18.0 Å². The van der Waals surface area contributed by atoms with Crippen molar-refractivity contribution in [1.29, 1.82) is 0 Å². The summed E-state index contributed by atoms with van der Waals surface area (Å²) in [7, 11) is -1.08. The standard InChI is InChI=1S/C26H30N2O5S/c1-20-8-6-9-21(18-20)10-7-17-27-26(29)19-28(24-11-4-5-12-25(24)33-3)34(30,31)23-15-13-22(32-2)14-16-23/h4-6,8-9,11-16,18H,7,10,17,19H2,1-3H3,(H,27,29). The van der Waals surface area contributed by atoms with Gasteiger partial charge in [-0.05, 0) is 61.7 Å². The molecular weight excluding hydrogens is 452 g/mol. The number of hydrogen-bond acceptors (Lipinski definition) is 5. The molecule has 0 aliphatic carbocycles. The van der Waals surface area contributed by atoms with Crippen molar-refractivity contribution >= 4 is 21.6 Å². The van der Waals surface area contributed by atoms with Crippen molar-refractivity contribution < 1.29 is 22.7 Å². The molecule has 34 heavy (non-hydrogen) atoms. The fraction of sp³-hybridized carbons (Fsp3) is 0.269. The van der Waals surface area contributed by atoms with Crippen LogP contribution < -0.4 is 19.1 Å². The number of nitrogens with zero attached hydrogens (tertiary/aromatic N) is 1. The summed E-state index contributed by atoms with van der Waals surface area (Å²) in [6, 6.07) is 21.0. The summed E-state index contributed by atoms with van der Waals surface area (Å²) in [5.74, 6) is 0.494. The molecule has 0 unspecified atom stereocenters. The number of methoxy groups -OCH3 is 2. The third-order valence-electron chi connectivity index (χ3n) is 5.34. The molecule has 0 aromatic heterocycles. The Morgan fingerprint density at radius 3 is 2.35 bits per heavy atom. The molecule has 7 nitrogen and oxygen atoms in total. The average Bonchev–Trinajstić information content (AvgIpc) is 2.85. The van der Waals surface area contributed by atoms with E-state index in [1.165, 1.54) is 37.5 Å². The van der Waals surface area contributed by atoms with E-state index >= 15 is 0 Å². The lowest BCUT2D eigenvalue weighted by atomic mass is 10.1. The quantitative estimate of drug-likeness (QED) is 0.418. The van der Waals surface area contributed by atoms with Crippen LogP contribution in [-0.2, 0) is 21.2 Å². The van der Waals surface area contributed by atoms with Crippen molar-refractivity contribution in [2.45, 2.75) is 24.7 Å². The van der Waals surface area contributed by atoms with Gasteiger partial charge in [0.25, 0.3) is 10.0 Å². The van der Waals surface area contributed by atoms with Crippen molar-refractivity contribution in [1.82, 2.24) is 5.32 Å². The number of carbonyl (C=O) groups excluding carboxylic acids is 1. The Morgan fingerprint density at radius 1 is 0.941 bits per heavy atom. The van der Waals surface area contributed by atoms with Gasteiger partial charge in [0, 0.05) is 6.54 Å². The second-order valence-corrected chi connectivity index (χ2v) is 9.66. The van der Waals surface area contributed by atoms with Gasteiger partial charge in [-0.2, -0.15) is 0 Å². The molecular formula is C26H30N2O5S. The van der Waals surface area contributed by atoms with Gasteiger partial charge >= 0.3 is 0 Å². The number of para-hydroxylation sites is 2. The highest BCUT2D eigenvalue weighted by molar-refractivity contribution is 7.92. The summed E-state index contributed by atoms with van der Waals surface area (Å²) in [5, 5.41) is 2.84. The third-order valence-corrected chi connectivity index (χ3v) is 7.11. The lowest BCUT2D eigenvalue weighted by molar-refractivity contribution is -0.119. The van der Waals surface area contributed by atoms with Crippen molar-refractivity contribution in [2.75, 3.05) is 31.6 Å². The summed E-state index contributed by atoms with van der Waals surface area (Å²) in [5.41, 5.74) is 2.68. The number of anilines is 1. The van der Waals surface area contributed by atoms with Crippen molar-refractivity contribution in [3.63, 3.8) is 0 Å². The average molecular weight is 483 g/mol. The molecule has 8 heteroatoms. The topological polar surface area (TPSA) is 84.9 Å². The molecule has 0 bridgehead atoms. The zero-order valence-electron chi connectivity index (χ0n) is 19.7. The van der Waals surface area contributed by atoms with Gasteiger partial charge in [-0.25, -0.2) is 8.42 Å². The zero-order chi connectivity index (χ0) is 24.6. The number of ether oxygens (including phenoxy) is 2. The zero-order valence-corrected chi connectivity index (χ0v) is 20.5. The lowest BCUT2D eigenvalue weighted by Gasteiger charge is -2.25. The van der Waals surface area contributed by atoms with E-state index < -0.39 is 15.9 Å². The first-order chi connectivity index (χ1) is 16.3. The molecule has 3 aromatic carbocycles. The molecule has 1 N–H and O–H groups in total. The van der Waals surface area contributed by atoms with E-state index in [-0.39, 0.29) is 17.1 Å².